The third-order valence-corrected chi connectivity index (χ3v) is 1.33. The number of aromatic nitrogens is 1. The Labute approximate surface area is 56.1 Å². The third kappa shape index (κ3) is 1.35. The maximum atomic E-state index is 3.98. The minimum Gasteiger partial charge on any atom is -0.365 e. The van der Waals surface area contributed by atoms with Gasteiger partial charge in [0.1, 0.15) is 0 Å². The maximum Gasteiger partial charge on any atom is 0.0204 e. The fourth-order valence-electron chi connectivity index (χ4n) is 0.751. The molecule has 9 heavy (non-hydrogen) atoms. The first-order valence-corrected chi connectivity index (χ1v) is 3.10. The van der Waals surface area contributed by atoms with Crippen LogP contribution in [0.5, 0.6) is 0 Å². The molecule has 1 aromatic rings. The van der Waals surface area contributed by atoms with Gasteiger partial charge >= 0.3 is 0 Å². The van der Waals surface area contributed by atoms with Crippen molar-refractivity contribution in [3.8, 4) is 0 Å². The highest BCUT2D eigenvalue weighted by molar-refractivity contribution is 5.15. The molecule has 0 unspecified atom stereocenters. The molecule has 0 aliphatic heterocycles. The molecule has 1 heteroatoms. The molecule has 0 aliphatic carbocycles. The second kappa shape index (κ2) is 1.90. The van der Waals surface area contributed by atoms with E-state index in [0.29, 0.717) is 0 Å². The molecule has 0 bridgehead atoms. The molecule has 1 rings (SSSR count). The van der Waals surface area contributed by atoms with Crippen LogP contribution < -0.4 is 0 Å². The van der Waals surface area contributed by atoms with E-state index in [4.69, 9.17) is 0 Å². The minimum absolute atomic E-state index is 0.0174. The summed E-state index contributed by atoms with van der Waals surface area (Å²) in [5.74, 6) is 0. The summed E-state index contributed by atoms with van der Waals surface area (Å²) in [6.07, 6.45) is 1.92. The van der Waals surface area contributed by atoms with E-state index in [9.17, 15) is 0 Å². The maximum absolute atomic E-state index is 3.98. The topological polar surface area (TPSA) is 15.8 Å². The van der Waals surface area contributed by atoms with Crippen molar-refractivity contribution in [1.29, 1.82) is 0 Å². The summed E-state index contributed by atoms with van der Waals surface area (Å²) in [5.41, 5.74) is 1.20. The van der Waals surface area contributed by atoms with E-state index in [1.54, 1.807) is 0 Å². The normalized spacial score (nSPS) is 11.9. The van der Waals surface area contributed by atoms with Gasteiger partial charge < -0.3 is 4.98 Å². The first-order valence-electron chi connectivity index (χ1n) is 3.10. The number of hydrogen-bond donors (Lipinski definition) is 1. The van der Waals surface area contributed by atoms with Crippen LogP contribution in [-0.4, -0.2) is 4.98 Å². The van der Waals surface area contributed by atoms with Crippen molar-refractivity contribution < 1.29 is 0 Å². The molecule has 1 N–H and O–H groups in total. The summed E-state index contributed by atoms with van der Waals surface area (Å²) in [5, 5.41) is 0. The number of nitrogens with one attached hydrogen (secondary N) is 1. The SMILES string of the molecule is [CH2]C(C)(C)c1ccc[nH]1. The molecular weight excluding hydrogens is 110 g/mol. The number of aromatic amines is 1. The standard InChI is InChI=1S/C8H12N/c1-8(2,3)7-5-4-6-9-7/h4-6,9H,1H2,2-3H3. The summed E-state index contributed by atoms with van der Waals surface area (Å²) >= 11 is 0. The monoisotopic (exact) mass is 122 g/mol. The summed E-state index contributed by atoms with van der Waals surface area (Å²) in [6, 6.07) is 4.04. The van der Waals surface area contributed by atoms with Gasteiger partial charge in [0.2, 0.25) is 0 Å². The lowest BCUT2D eigenvalue weighted by Gasteiger charge is -2.15. The van der Waals surface area contributed by atoms with E-state index in [-0.39, 0.29) is 5.41 Å². The van der Waals surface area contributed by atoms with Crippen molar-refractivity contribution in [2.75, 3.05) is 0 Å². The first-order chi connectivity index (χ1) is 4.11. The Bertz CT molecular complexity index is 167. The van der Waals surface area contributed by atoms with Crippen LogP contribution in [0.25, 0.3) is 0 Å². The molecule has 0 atom stereocenters. The Balaban J connectivity index is 2.90. The van der Waals surface area contributed by atoms with E-state index in [1.165, 1.54) is 5.69 Å². The van der Waals surface area contributed by atoms with Crippen molar-refractivity contribution in [2.24, 2.45) is 0 Å². The van der Waals surface area contributed by atoms with Gasteiger partial charge in [-0.2, -0.15) is 0 Å². The summed E-state index contributed by atoms with van der Waals surface area (Å²) in [6.45, 7) is 8.15. The van der Waals surface area contributed by atoms with E-state index < -0.39 is 0 Å². The lowest BCUT2D eigenvalue weighted by Crippen LogP contribution is -2.11. The molecule has 0 aromatic carbocycles. The van der Waals surface area contributed by atoms with Crippen molar-refractivity contribution in [3.63, 3.8) is 0 Å². The minimum atomic E-state index is 0.0174. The van der Waals surface area contributed by atoms with E-state index in [0.717, 1.165) is 0 Å². The first kappa shape index (κ1) is 6.40. The zero-order valence-corrected chi connectivity index (χ0v) is 5.94. The summed E-state index contributed by atoms with van der Waals surface area (Å²) < 4.78 is 0. The molecule has 1 nitrogen and oxygen atoms in total. The summed E-state index contributed by atoms with van der Waals surface area (Å²) in [4.78, 5) is 3.11. The molecule has 1 heterocycles. The van der Waals surface area contributed by atoms with Crippen LogP contribution in [0.15, 0.2) is 18.3 Å². The van der Waals surface area contributed by atoms with Crippen molar-refractivity contribution in [2.45, 2.75) is 19.3 Å². The predicted molar refractivity (Wildman–Crippen MR) is 39.2 cm³/mol. The molecule has 0 saturated heterocycles. The molecule has 1 radical (unpaired) electrons. The number of H-pyrrole nitrogens is 1. The largest absolute Gasteiger partial charge is 0.365 e. The Morgan fingerprint density at radius 1 is 1.56 bits per heavy atom. The second-order valence-corrected chi connectivity index (χ2v) is 2.97. The number of hydrogen-bond acceptors (Lipinski definition) is 0. The van der Waals surface area contributed by atoms with Gasteiger partial charge in [-0.25, -0.2) is 0 Å². The van der Waals surface area contributed by atoms with Gasteiger partial charge in [-0.05, 0) is 19.1 Å². The molecule has 0 amide bonds. The highest BCUT2D eigenvalue weighted by atomic mass is 14.7. The predicted octanol–water partition coefficient (Wildman–Crippen LogP) is 2.13. The van der Waals surface area contributed by atoms with Crippen LogP contribution in [0.2, 0.25) is 0 Å². The lowest BCUT2D eigenvalue weighted by molar-refractivity contribution is 0.644. The van der Waals surface area contributed by atoms with Crippen LogP contribution in [0.4, 0.5) is 0 Å². The van der Waals surface area contributed by atoms with Gasteiger partial charge in [-0.15, -0.1) is 0 Å². The van der Waals surface area contributed by atoms with Gasteiger partial charge in [0.15, 0.2) is 0 Å². The molecule has 0 fully saturated rings. The van der Waals surface area contributed by atoms with Gasteiger partial charge in [-0.1, -0.05) is 13.8 Å². The van der Waals surface area contributed by atoms with Crippen LogP contribution in [0, 0.1) is 6.92 Å². The Hall–Kier alpha value is -0.720. The van der Waals surface area contributed by atoms with Crippen LogP contribution in [0.3, 0.4) is 0 Å². The second-order valence-electron chi connectivity index (χ2n) is 2.97. The Morgan fingerprint density at radius 2 is 2.22 bits per heavy atom. The average molecular weight is 122 g/mol. The Kier molecular flexibility index (Phi) is 1.35. The summed E-state index contributed by atoms with van der Waals surface area (Å²) in [7, 11) is 0. The van der Waals surface area contributed by atoms with Crippen molar-refractivity contribution >= 4 is 0 Å². The van der Waals surface area contributed by atoms with Crippen LogP contribution in [-0.2, 0) is 5.41 Å². The molecule has 0 saturated carbocycles. The fourth-order valence-corrected chi connectivity index (χ4v) is 0.751. The van der Waals surface area contributed by atoms with Crippen LogP contribution >= 0.6 is 0 Å². The van der Waals surface area contributed by atoms with Gasteiger partial charge in [0.25, 0.3) is 0 Å². The molecule has 0 aliphatic rings. The zero-order valence-electron chi connectivity index (χ0n) is 5.94. The van der Waals surface area contributed by atoms with Crippen LogP contribution in [0.1, 0.15) is 19.5 Å². The lowest BCUT2D eigenvalue weighted by atomic mass is 9.93. The molecule has 0 spiro atoms. The quantitative estimate of drug-likeness (QED) is 0.587. The van der Waals surface area contributed by atoms with Crippen molar-refractivity contribution in [1.82, 2.24) is 4.98 Å². The van der Waals surface area contributed by atoms with E-state index in [2.05, 4.69) is 25.8 Å². The number of rotatable bonds is 1. The Morgan fingerprint density at radius 3 is 2.44 bits per heavy atom. The highest BCUT2D eigenvalue weighted by Crippen LogP contribution is 2.18. The van der Waals surface area contributed by atoms with Gasteiger partial charge in [0.05, 0.1) is 0 Å². The molecule has 49 valence electrons. The van der Waals surface area contributed by atoms with E-state index in [1.807, 2.05) is 18.3 Å². The molecule has 1 aromatic heterocycles. The van der Waals surface area contributed by atoms with Gasteiger partial charge in [-0.3, -0.25) is 0 Å². The van der Waals surface area contributed by atoms with Gasteiger partial charge in [0, 0.05) is 17.3 Å². The van der Waals surface area contributed by atoms with E-state index >= 15 is 0 Å². The average Bonchev–Trinajstić information content (AvgIpc) is 2.08. The highest BCUT2D eigenvalue weighted by Gasteiger charge is 2.12. The fraction of sp³-hybridized carbons (Fsp3) is 0.375. The third-order valence-electron chi connectivity index (χ3n) is 1.33. The molecular formula is C8H12N. The smallest absolute Gasteiger partial charge is 0.0204 e. The van der Waals surface area contributed by atoms with Crippen molar-refractivity contribution in [3.05, 3.63) is 30.9 Å². The zero-order chi connectivity index (χ0) is 6.91.